The fraction of sp³-hybridized carbons (Fsp3) is 0.316. The third-order valence-corrected chi connectivity index (χ3v) is 5.48. The molecule has 0 aliphatic carbocycles. The molecule has 0 aliphatic rings. The number of hydrogen-bond donors (Lipinski definition) is 3. The van der Waals surface area contributed by atoms with Crippen molar-refractivity contribution < 1.29 is 17.6 Å². The summed E-state index contributed by atoms with van der Waals surface area (Å²) in [4.78, 5) is 12.3. The molecule has 27 heavy (non-hydrogen) atoms. The van der Waals surface area contributed by atoms with Crippen molar-refractivity contribution in [1.82, 2.24) is 10.6 Å². The van der Waals surface area contributed by atoms with E-state index in [-0.39, 0.29) is 28.1 Å². The number of carbonyl (C=O) groups is 1. The summed E-state index contributed by atoms with van der Waals surface area (Å²) in [5.74, 6) is -0.808. The van der Waals surface area contributed by atoms with E-state index in [1.54, 1.807) is 19.1 Å². The van der Waals surface area contributed by atoms with Gasteiger partial charge in [-0.3, -0.25) is 9.52 Å². The smallest absolute Gasteiger partial charge is 0.262 e. The zero-order chi connectivity index (χ0) is 20.0. The van der Waals surface area contributed by atoms with Crippen LogP contribution in [0.25, 0.3) is 0 Å². The third-order valence-electron chi connectivity index (χ3n) is 3.96. The first-order valence-corrected chi connectivity index (χ1v) is 10.1. The van der Waals surface area contributed by atoms with Crippen LogP contribution in [0, 0.1) is 12.7 Å². The van der Waals surface area contributed by atoms with E-state index in [9.17, 15) is 17.6 Å². The highest BCUT2D eigenvalue weighted by molar-refractivity contribution is 7.92. The highest BCUT2D eigenvalue weighted by Crippen LogP contribution is 2.21. The Kier molecular flexibility index (Phi) is 6.92. The second-order valence-corrected chi connectivity index (χ2v) is 7.91. The number of aryl methyl sites for hydroxylation is 1. The largest absolute Gasteiger partial charge is 0.350 e. The first-order valence-electron chi connectivity index (χ1n) is 8.63. The summed E-state index contributed by atoms with van der Waals surface area (Å²) in [7, 11) is -3.92. The number of benzene rings is 2. The van der Waals surface area contributed by atoms with Crippen LogP contribution < -0.4 is 15.4 Å². The quantitative estimate of drug-likeness (QED) is 0.643. The van der Waals surface area contributed by atoms with Gasteiger partial charge >= 0.3 is 0 Å². The van der Waals surface area contributed by atoms with Crippen molar-refractivity contribution in [2.75, 3.05) is 17.8 Å². The Hall–Kier alpha value is -2.45. The SMILES string of the molecule is CCN[C@H](C)CNC(=O)c1ccc(C)c(S(=O)(=O)Nc2ccc(F)cc2)c1. The molecule has 146 valence electrons. The van der Waals surface area contributed by atoms with E-state index < -0.39 is 15.8 Å². The Morgan fingerprint density at radius 3 is 2.44 bits per heavy atom. The fourth-order valence-electron chi connectivity index (χ4n) is 2.53. The molecule has 0 aromatic heterocycles. The number of nitrogens with one attached hydrogen (secondary N) is 3. The van der Waals surface area contributed by atoms with Gasteiger partial charge in [0.25, 0.3) is 15.9 Å². The standard InChI is InChI=1S/C19H24FN3O3S/c1-4-21-14(3)12-22-19(24)15-6-5-13(2)18(11-15)27(25,26)23-17-9-7-16(20)8-10-17/h5-11,14,21,23H,4,12H2,1-3H3,(H,22,24)/t14-/m1/s1. The van der Waals surface area contributed by atoms with Gasteiger partial charge in [0.1, 0.15) is 5.82 Å². The van der Waals surface area contributed by atoms with Gasteiger partial charge in [-0.15, -0.1) is 0 Å². The van der Waals surface area contributed by atoms with Crippen molar-refractivity contribution in [3.63, 3.8) is 0 Å². The van der Waals surface area contributed by atoms with Crippen molar-refractivity contribution in [2.24, 2.45) is 0 Å². The molecule has 0 bridgehead atoms. The summed E-state index contributed by atoms with van der Waals surface area (Å²) < 4.78 is 40.8. The monoisotopic (exact) mass is 393 g/mol. The lowest BCUT2D eigenvalue weighted by Gasteiger charge is -2.14. The predicted octanol–water partition coefficient (Wildman–Crippen LogP) is 2.66. The number of likely N-dealkylation sites (N-methyl/N-ethyl adjacent to an activating group) is 1. The molecule has 8 heteroatoms. The lowest BCUT2D eigenvalue weighted by molar-refractivity contribution is 0.0950. The maximum atomic E-state index is 13.0. The summed E-state index contributed by atoms with van der Waals surface area (Å²) in [6, 6.07) is 9.62. The minimum atomic E-state index is -3.92. The van der Waals surface area contributed by atoms with Crippen molar-refractivity contribution in [2.45, 2.75) is 31.7 Å². The molecule has 0 saturated heterocycles. The molecule has 3 N–H and O–H groups in total. The fourth-order valence-corrected chi connectivity index (χ4v) is 3.86. The summed E-state index contributed by atoms with van der Waals surface area (Å²) in [6.07, 6.45) is 0. The van der Waals surface area contributed by atoms with Crippen molar-refractivity contribution >= 4 is 21.6 Å². The first-order chi connectivity index (χ1) is 12.7. The van der Waals surface area contributed by atoms with Crippen LogP contribution in [0.2, 0.25) is 0 Å². The Bertz CT molecular complexity index is 899. The summed E-state index contributed by atoms with van der Waals surface area (Å²) in [5.41, 5.74) is 0.996. The van der Waals surface area contributed by atoms with Crippen LogP contribution in [0.1, 0.15) is 29.8 Å². The van der Waals surface area contributed by atoms with Crippen LogP contribution in [0.5, 0.6) is 0 Å². The van der Waals surface area contributed by atoms with E-state index in [0.717, 1.165) is 6.54 Å². The molecule has 2 aromatic rings. The average Bonchev–Trinajstić information content (AvgIpc) is 2.62. The minimum Gasteiger partial charge on any atom is -0.350 e. The maximum Gasteiger partial charge on any atom is 0.262 e. The third kappa shape index (κ3) is 5.77. The highest BCUT2D eigenvalue weighted by atomic mass is 32.2. The summed E-state index contributed by atoms with van der Waals surface area (Å²) in [5, 5.41) is 5.96. The number of amides is 1. The Labute approximate surface area is 159 Å². The minimum absolute atomic E-state index is 0.000735. The number of hydrogen-bond acceptors (Lipinski definition) is 4. The Balaban J connectivity index is 2.20. The van der Waals surface area contributed by atoms with E-state index >= 15 is 0 Å². The molecule has 2 rings (SSSR count). The van der Waals surface area contributed by atoms with E-state index in [2.05, 4.69) is 15.4 Å². The van der Waals surface area contributed by atoms with Crippen LogP contribution >= 0.6 is 0 Å². The molecule has 0 radical (unpaired) electrons. The van der Waals surface area contributed by atoms with E-state index in [4.69, 9.17) is 0 Å². The van der Waals surface area contributed by atoms with Gasteiger partial charge in [-0.05, 0) is 62.4 Å². The van der Waals surface area contributed by atoms with Gasteiger partial charge in [-0.2, -0.15) is 0 Å². The second kappa shape index (κ2) is 8.96. The number of carbonyl (C=O) groups excluding carboxylic acids is 1. The number of halogens is 1. The van der Waals surface area contributed by atoms with Crippen molar-refractivity contribution in [3.8, 4) is 0 Å². The van der Waals surface area contributed by atoms with Crippen LogP contribution in [-0.4, -0.2) is 33.5 Å². The number of anilines is 1. The molecule has 1 amide bonds. The summed E-state index contributed by atoms with van der Waals surface area (Å²) >= 11 is 0. The zero-order valence-corrected chi connectivity index (χ0v) is 16.4. The number of sulfonamides is 1. The Morgan fingerprint density at radius 2 is 1.81 bits per heavy atom. The normalized spacial score (nSPS) is 12.4. The first kappa shape index (κ1) is 20.9. The van der Waals surface area contributed by atoms with Crippen LogP contribution in [0.3, 0.4) is 0 Å². The molecule has 6 nitrogen and oxygen atoms in total. The van der Waals surface area contributed by atoms with Crippen LogP contribution in [0.15, 0.2) is 47.4 Å². The lowest BCUT2D eigenvalue weighted by Crippen LogP contribution is -2.38. The molecule has 0 heterocycles. The molecular weight excluding hydrogens is 369 g/mol. The highest BCUT2D eigenvalue weighted by Gasteiger charge is 2.19. The topological polar surface area (TPSA) is 87.3 Å². The molecule has 0 spiro atoms. The van der Waals surface area contributed by atoms with Crippen LogP contribution in [0.4, 0.5) is 10.1 Å². The molecular formula is C19H24FN3O3S. The molecule has 0 fully saturated rings. The maximum absolute atomic E-state index is 13.0. The van der Waals surface area contributed by atoms with E-state index in [1.165, 1.54) is 30.3 Å². The lowest BCUT2D eigenvalue weighted by atomic mass is 10.1. The van der Waals surface area contributed by atoms with Gasteiger partial charge in [0, 0.05) is 23.8 Å². The van der Waals surface area contributed by atoms with Crippen molar-refractivity contribution in [1.29, 1.82) is 0 Å². The van der Waals surface area contributed by atoms with Crippen LogP contribution in [-0.2, 0) is 10.0 Å². The van der Waals surface area contributed by atoms with Gasteiger partial charge in [0.05, 0.1) is 4.90 Å². The van der Waals surface area contributed by atoms with Crippen molar-refractivity contribution in [3.05, 3.63) is 59.4 Å². The predicted molar refractivity (Wildman–Crippen MR) is 104 cm³/mol. The number of rotatable bonds is 8. The molecule has 0 unspecified atom stereocenters. The molecule has 1 atom stereocenters. The Morgan fingerprint density at radius 1 is 1.15 bits per heavy atom. The molecule has 0 saturated carbocycles. The van der Waals surface area contributed by atoms with Gasteiger partial charge in [0.15, 0.2) is 0 Å². The van der Waals surface area contributed by atoms with E-state index in [1.807, 2.05) is 13.8 Å². The summed E-state index contributed by atoms with van der Waals surface area (Å²) in [6.45, 7) is 6.79. The molecule has 2 aromatic carbocycles. The van der Waals surface area contributed by atoms with Gasteiger partial charge in [-0.1, -0.05) is 13.0 Å². The second-order valence-electron chi connectivity index (χ2n) is 6.26. The van der Waals surface area contributed by atoms with Gasteiger partial charge < -0.3 is 10.6 Å². The molecule has 0 aliphatic heterocycles. The van der Waals surface area contributed by atoms with E-state index in [0.29, 0.717) is 12.1 Å². The van der Waals surface area contributed by atoms with Gasteiger partial charge in [-0.25, -0.2) is 12.8 Å². The average molecular weight is 393 g/mol. The van der Waals surface area contributed by atoms with Gasteiger partial charge in [0.2, 0.25) is 0 Å². The zero-order valence-electron chi connectivity index (χ0n) is 15.5.